The summed E-state index contributed by atoms with van der Waals surface area (Å²) in [6, 6.07) is -1.90. The van der Waals surface area contributed by atoms with Gasteiger partial charge in [-0.15, -0.1) is 0 Å². The Hall–Kier alpha value is -3.34. The number of alkyl halides is 26. The van der Waals surface area contributed by atoms with Gasteiger partial charge in [-0.05, 0) is 25.7 Å². The highest BCUT2D eigenvalue weighted by molar-refractivity contribution is 7.47. The van der Waals surface area contributed by atoms with E-state index in [-0.39, 0.29) is 38.5 Å². The van der Waals surface area contributed by atoms with Crippen LogP contribution in [0.3, 0.4) is 0 Å². The van der Waals surface area contributed by atoms with Crippen LogP contribution in [0.5, 0.6) is 0 Å². The highest BCUT2D eigenvalue weighted by atomic mass is 31.2. The second-order valence-electron chi connectivity index (χ2n) is 15.3. The molecule has 0 aliphatic heterocycles. The molecule has 3 atom stereocenters. The zero-order valence-electron chi connectivity index (χ0n) is 35.7. The van der Waals surface area contributed by atoms with E-state index in [1.165, 1.54) is 0 Å². The molecule has 4 N–H and O–H groups in total. The van der Waals surface area contributed by atoms with E-state index in [1.54, 1.807) is 0 Å². The molecule has 0 aromatic carbocycles. The molecule has 38 heteroatoms. The summed E-state index contributed by atoms with van der Waals surface area (Å²) < 4.78 is 375. The molecule has 0 saturated carbocycles. The Bertz CT molecular complexity index is 1810. The van der Waals surface area contributed by atoms with Gasteiger partial charge < -0.3 is 25.2 Å². The number of unbranched alkanes of at least 4 members (excludes halogenated alkanes) is 8. The normalized spacial score (nSPS) is 16.3. The lowest BCUT2D eigenvalue weighted by Crippen LogP contribution is -2.70. The summed E-state index contributed by atoms with van der Waals surface area (Å²) in [6.45, 7) is -3.48. The Balaban J connectivity index is 5.38. The molecule has 0 saturated heterocycles. The minimum absolute atomic E-state index is 0.245. The first kappa shape index (κ1) is 68.7. The average Bonchev–Trinajstić information content (AvgIpc) is 3.21. The predicted octanol–water partition coefficient (Wildman–Crippen LogP) is 11.9. The molecule has 0 spiro atoms. The van der Waals surface area contributed by atoms with E-state index in [0.29, 0.717) is 0 Å². The van der Waals surface area contributed by atoms with Crippen LogP contribution in [0.15, 0.2) is 0 Å². The van der Waals surface area contributed by atoms with Crippen LogP contribution in [-0.2, 0) is 37.5 Å². The van der Waals surface area contributed by atoms with Gasteiger partial charge in [0.2, 0.25) is 0 Å². The molecule has 0 heterocycles. The third kappa shape index (κ3) is 16.1. The minimum atomic E-state index is -8.08. The summed E-state index contributed by atoms with van der Waals surface area (Å²) in [5, 5.41) is 8.74. The summed E-state index contributed by atoms with van der Waals surface area (Å²) in [7, 11) is -5.27. The number of hydrogen-bond donors (Lipinski definition) is 3. The van der Waals surface area contributed by atoms with Crippen molar-refractivity contribution in [3.8, 4) is 0 Å². The smallest absolute Gasteiger partial charge is 0.472 e. The zero-order chi connectivity index (χ0) is 57.2. The van der Waals surface area contributed by atoms with Crippen molar-refractivity contribution in [2.75, 3.05) is 19.8 Å². The molecule has 72 heavy (non-hydrogen) atoms. The first-order chi connectivity index (χ1) is 31.9. The van der Waals surface area contributed by atoms with Crippen molar-refractivity contribution >= 4 is 25.7 Å². The van der Waals surface area contributed by atoms with Gasteiger partial charge in [0.1, 0.15) is 12.6 Å². The van der Waals surface area contributed by atoms with Crippen LogP contribution in [0.25, 0.3) is 0 Å². The number of carbonyl (C=O) groups excluding carboxylic acids is 2. The number of phosphoric acid groups is 1. The van der Waals surface area contributed by atoms with Crippen LogP contribution in [0.1, 0.15) is 89.9 Å². The Morgan fingerprint density at radius 3 is 1.08 bits per heavy atom. The van der Waals surface area contributed by atoms with Gasteiger partial charge in [0.15, 0.2) is 6.10 Å². The van der Waals surface area contributed by atoms with Gasteiger partial charge in [0.05, 0.1) is 13.2 Å². The number of esters is 2. The molecule has 0 bridgehead atoms. The molecule has 3 unspecified atom stereocenters. The van der Waals surface area contributed by atoms with Crippen molar-refractivity contribution < 1.29 is 162 Å². The Morgan fingerprint density at radius 1 is 0.431 bits per heavy atom. The number of carboxylic acid groups (broad SMARTS) is 1. The maximum atomic E-state index is 14.0. The quantitative estimate of drug-likeness (QED) is 0.0242. The van der Waals surface area contributed by atoms with Crippen molar-refractivity contribution in [2.24, 2.45) is 5.73 Å². The van der Waals surface area contributed by atoms with E-state index in [0.717, 1.165) is 0 Å². The van der Waals surface area contributed by atoms with Crippen molar-refractivity contribution in [1.82, 2.24) is 0 Å². The van der Waals surface area contributed by atoms with E-state index in [1.807, 2.05) is 0 Å². The number of carboxylic acids is 1. The van der Waals surface area contributed by atoms with Crippen LogP contribution in [0.2, 0.25) is 0 Å². The fraction of sp³-hybridized carbons (Fsp3) is 0.912. The van der Waals surface area contributed by atoms with Gasteiger partial charge in [0, 0.05) is 25.7 Å². The van der Waals surface area contributed by atoms with Gasteiger partial charge in [-0.3, -0.25) is 23.4 Å². The van der Waals surface area contributed by atoms with Crippen molar-refractivity contribution in [3.63, 3.8) is 0 Å². The van der Waals surface area contributed by atoms with Crippen LogP contribution >= 0.6 is 7.82 Å². The lowest BCUT2D eigenvalue weighted by molar-refractivity contribution is -0.440. The Morgan fingerprint density at radius 2 is 0.736 bits per heavy atom. The average molecular weight is 1150 g/mol. The number of phosphoric ester groups is 1. The van der Waals surface area contributed by atoms with Crippen molar-refractivity contribution in [1.29, 1.82) is 0 Å². The van der Waals surface area contributed by atoms with Crippen LogP contribution < -0.4 is 5.73 Å². The molecular formula is C34H40F26NO10P. The standard InChI is InChI=1S/C34H40F26NO10P/c35-23(36,25(39,40)27(43,44)29(47,48)31(51,52)33(55,56)57)13-9-5-1-3-7-11-20(62)68-15-18(16-69-72(66,67)70-17-19(61)22(64)65)71-21(63)12-8-4-2-6-10-14-24(37,38)26(41,42)28(45,46)30(49,50)32(53,54)34(58,59)60/h18-19H,1-17,61H2,(H,64,65)(H,66,67). The molecular weight excluding hydrogens is 1110 g/mol. The lowest BCUT2D eigenvalue weighted by Gasteiger charge is -2.39. The van der Waals surface area contributed by atoms with Gasteiger partial charge in [-0.1, -0.05) is 38.5 Å². The topological polar surface area (TPSA) is 172 Å². The summed E-state index contributed by atoms with van der Waals surface area (Å²) in [4.78, 5) is 45.2. The highest BCUT2D eigenvalue weighted by Gasteiger charge is 2.92. The molecule has 11 nitrogen and oxygen atoms in total. The molecule has 0 radical (unpaired) electrons. The van der Waals surface area contributed by atoms with Gasteiger partial charge in [0.25, 0.3) is 0 Å². The first-order valence-electron chi connectivity index (χ1n) is 19.8. The third-order valence-electron chi connectivity index (χ3n) is 9.63. The van der Waals surface area contributed by atoms with E-state index >= 15 is 0 Å². The monoisotopic (exact) mass is 1150 g/mol. The molecule has 0 aromatic rings. The lowest BCUT2D eigenvalue weighted by atomic mass is 9.91. The maximum Gasteiger partial charge on any atom is 0.472 e. The van der Waals surface area contributed by atoms with E-state index in [4.69, 9.17) is 20.3 Å². The number of ether oxygens (including phenoxy) is 2. The molecule has 0 aliphatic rings. The number of halogens is 26. The number of carbonyl (C=O) groups is 3. The fourth-order valence-electron chi connectivity index (χ4n) is 5.29. The minimum Gasteiger partial charge on any atom is -0.480 e. The number of hydrogen-bond acceptors (Lipinski definition) is 9. The Kier molecular flexibility index (Phi) is 23.4. The summed E-state index contributed by atoms with van der Waals surface area (Å²) in [6.07, 6.45) is -29.2. The number of aliphatic carboxylic acids is 1. The van der Waals surface area contributed by atoms with Crippen molar-refractivity contribution in [2.45, 2.75) is 174 Å². The van der Waals surface area contributed by atoms with Gasteiger partial charge >= 0.3 is 97.3 Å². The SMILES string of the molecule is NC(COP(=O)(O)OCC(COC(=O)CCCCCCCC(F)(F)C(F)(F)C(F)(F)C(F)(F)C(F)(F)C(F)(F)F)OC(=O)CCCCCCCC(F)(F)C(F)(F)C(F)(F)C(F)(F)C(F)(F)C(F)(F)F)C(=O)O. The number of nitrogens with two attached hydrogens (primary N) is 1. The second kappa shape index (κ2) is 24.6. The first-order valence-corrected chi connectivity index (χ1v) is 21.3. The molecule has 0 amide bonds. The van der Waals surface area contributed by atoms with Crippen LogP contribution in [-0.4, -0.2) is 131 Å². The zero-order valence-corrected chi connectivity index (χ0v) is 36.6. The highest BCUT2D eigenvalue weighted by Crippen LogP contribution is 2.62. The van der Waals surface area contributed by atoms with Crippen LogP contribution in [0, 0.1) is 0 Å². The second-order valence-corrected chi connectivity index (χ2v) is 16.8. The van der Waals surface area contributed by atoms with E-state index in [9.17, 15) is 138 Å². The predicted molar refractivity (Wildman–Crippen MR) is 184 cm³/mol. The molecule has 428 valence electrons. The maximum absolute atomic E-state index is 14.0. The summed E-state index contributed by atoms with van der Waals surface area (Å²) in [5.74, 6) is -79.7. The molecule has 0 aromatic heterocycles. The van der Waals surface area contributed by atoms with E-state index < -0.39 is 181 Å². The fourth-order valence-corrected chi connectivity index (χ4v) is 6.07. The molecule has 0 rings (SSSR count). The molecule has 0 aliphatic carbocycles. The van der Waals surface area contributed by atoms with Crippen LogP contribution in [0.4, 0.5) is 114 Å². The molecule has 0 fully saturated rings. The summed E-state index contributed by atoms with van der Waals surface area (Å²) in [5.41, 5.74) is 5.10. The summed E-state index contributed by atoms with van der Waals surface area (Å²) >= 11 is 0. The van der Waals surface area contributed by atoms with Crippen molar-refractivity contribution in [3.05, 3.63) is 0 Å². The number of rotatable bonds is 34. The van der Waals surface area contributed by atoms with E-state index in [2.05, 4.69) is 9.05 Å². The third-order valence-corrected chi connectivity index (χ3v) is 10.6. The van der Waals surface area contributed by atoms with Gasteiger partial charge in [-0.25, -0.2) is 4.57 Å². The largest absolute Gasteiger partial charge is 0.480 e. The Labute approximate surface area is 387 Å². The van der Waals surface area contributed by atoms with Gasteiger partial charge in [-0.2, -0.15) is 114 Å².